The van der Waals surface area contributed by atoms with E-state index in [1.54, 1.807) is 18.5 Å². The highest BCUT2D eigenvalue weighted by Crippen LogP contribution is 2.27. The summed E-state index contributed by atoms with van der Waals surface area (Å²) in [5.41, 5.74) is 2.71. The van der Waals surface area contributed by atoms with Crippen molar-refractivity contribution in [1.82, 2.24) is 9.97 Å². The van der Waals surface area contributed by atoms with Crippen LogP contribution in [0.25, 0.3) is 0 Å². The summed E-state index contributed by atoms with van der Waals surface area (Å²) in [6.07, 6.45) is 8.68. The Morgan fingerprint density at radius 1 is 1.12 bits per heavy atom. The molecule has 2 heterocycles. The maximum absolute atomic E-state index is 12.6. The van der Waals surface area contributed by atoms with Gasteiger partial charge in [-0.05, 0) is 61.4 Å². The highest BCUT2D eigenvalue weighted by Gasteiger charge is 2.28. The van der Waals surface area contributed by atoms with Gasteiger partial charge in [-0.2, -0.15) is 0 Å². The second kappa shape index (κ2) is 6.59. The summed E-state index contributed by atoms with van der Waals surface area (Å²) in [4.78, 5) is 23.2. The molecule has 24 heavy (non-hydrogen) atoms. The second-order valence-electron chi connectivity index (χ2n) is 6.54. The fourth-order valence-corrected chi connectivity index (χ4v) is 3.62. The molecule has 2 aliphatic rings. The van der Waals surface area contributed by atoms with Crippen molar-refractivity contribution in [3.8, 4) is 5.75 Å². The van der Waals surface area contributed by atoms with Crippen LogP contribution in [0.1, 0.15) is 30.4 Å². The third-order valence-corrected chi connectivity index (χ3v) is 4.88. The van der Waals surface area contributed by atoms with E-state index in [1.807, 2.05) is 12.1 Å². The summed E-state index contributed by atoms with van der Waals surface area (Å²) in [6.45, 7) is 1.50. The van der Waals surface area contributed by atoms with Crippen LogP contribution in [-0.4, -0.2) is 29.0 Å². The number of aromatic nitrogens is 2. The topological polar surface area (TPSA) is 55.3 Å². The first kappa shape index (κ1) is 15.1. The van der Waals surface area contributed by atoms with Crippen LogP contribution in [-0.2, 0) is 17.6 Å². The molecule has 0 unspecified atom stereocenters. The summed E-state index contributed by atoms with van der Waals surface area (Å²) < 4.78 is 5.66. The van der Waals surface area contributed by atoms with Gasteiger partial charge in [0.05, 0.1) is 5.92 Å². The van der Waals surface area contributed by atoms with Crippen LogP contribution in [0.2, 0.25) is 0 Å². The number of ether oxygens (including phenoxy) is 1. The lowest BCUT2D eigenvalue weighted by Gasteiger charge is -2.31. The smallest absolute Gasteiger partial charge is 0.316 e. The van der Waals surface area contributed by atoms with E-state index in [4.69, 9.17) is 4.74 Å². The van der Waals surface area contributed by atoms with Crippen LogP contribution >= 0.6 is 0 Å². The molecule has 1 aliphatic carbocycles. The van der Waals surface area contributed by atoms with Crippen molar-refractivity contribution in [2.45, 2.75) is 32.1 Å². The molecule has 1 aromatic heterocycles. The number of aryl methyl sites for hydroxylation is 2. The van der Waals surface area contributed by atoms with Crippen LogP contribution in [0.3, 0.4) is 0 Å². The number of benzene rings is 1. The van der Waals surface area contributed by atoms with E-state index in [0.717, 1.165) is 32.2 Å². The number of hydrogen-bond acceptors (Lipinski definition) is 5. The van der Waals surface area contributed by atoms with Gasteiger partial charge < -0.3 is 9.64 Å². The number of hydrogen-bond donors (Lipinski definition) is 0. The van der Waals surface area contributed by atoms with Gasteiger partial charge in [0.1, 0.15) is 5.75 Å². The van der Waals surface area contributed by atoms with Crippen molar-refractivity contribution in [1.29, 1.82) is 0 Å². The summed E-state index contributed by atoms with van der Waals surface area (Å²) in [5.74, 6) is 1.09. The van der Waals surface area contributed by atoms with Crippen molar-refractivity contribution in [3.63, 3.8) is 0 Å². The number of nitrogens with zero attached hydrogens (tertiary/aromatic N) is 3. The average molecular weight is 323 g/mol. The van der Waals surface area contributed by atoms with Crippen LogP contribution in [0, 0.1) is 5.92 Å². The Morgan fingerprint density at radius 3 is 2.83 bits per heavy atom. The lowest BCUT2D eigenvalue weighted by molar-refractivity contribution is -0.139. The molecule has 124 valence electrons. The number of esters is 1. The first-order valence-electron chi connectivity index (χ1n) is 8.65. The Labute approximate surface area is 141 Å². The Morgan fingerprint density at radius 2 is 1.96 bits per heavy atom. The van der Waals surface area contributed by atoms with E-state index in [1.165, 1.54) is 17.5 Å². The van der Waals surface area contributed by atoms with Gasteiger partial charge in [-0.1, -0.05) is 6.07 Å². The molecule has 0 N–H and O–H groups in total. The van der Waals surface area contributed by atoms with Gasteiger partial charge in [0.25, 0.3) is 0 Å². The summed E-state index contributed by atoms with van der Waals surface area (Å²) in [6, 6.07) is 7.84. The molecule has 0 saturated carbocycles. The Hall–Kier alpha value is -2.43. The lowest BCUT2D eigenvalue weighted by atomic mass is 9.98. The number of rotatable bonds is 3. The molecule has 2 aromatic rings. The van der Waals surface area contributed by atoms with Gasteiger partial charge in [-0.25, -0.2) is 9.97 Å². The van der Waals surface area contributed by atoms with Crippen LogP contribution in [0.4, 0.5) is 5.95 Å². The lowest BCUT2D eigenvalue weighted by Crippen LogP contribution is -2.41. The van der Waals surface area contributed by atoms with Gasteiger partial charge in [-0.15, -0.1) is 0 Å². The molecule has 0 amide bonds. The molecule has 1 aliphatic heterocycles. The SMILES string of the molecule is O=C(Oc1ccc2c(c1)CCC2)[C@H]1CCCN(c2ncccn2)C1. The molecule has 1 atom stereocenters. The summed E-state index contributed by atoms with van der Waals surface area (Å²) in [7, 11) is 0. The number of anilines is 1. The highest BCUT2D eigenvalue weighted by molar-refractivity contribution is 5.76. The zero-order valence-corrected chi connectivity index (χ0v) is 13.6. The summed E-state index contributed by atoms with van der Waals surface area (Å²) >= 11 is 0. The Balaban J connectivity index is 1.42. The number of carbonyl (C=O) groups is 1. The number of carbonyl (C=O) groups excluding carboxylic acids is 1. The van der Waals surface area contributed by atoms with E-state index >= 15 is 0 Å². The summed E-state index contributed by atoms with van der Waals surface area (Å²) in [5, 5.41) is 0. The average Bonchev–Trinajstić information content (AvgIpc) is 3.10. The van der Waals surface area contributed by atoms with E-state index < -0.39 is 0 Å². The predicted octanol–water partition coefficient (Wildman–Crippen LogP) is 2.79. The molecular weight excluding hydrogens is 302 g/mol. The minimum absolute atomic E-state index is 0.129. The molecule has 1 fully saturated rings. The van der Waals surface area contributed by atoms with E-state index in [2.05, 4.69) is 20.9 Å². The quantitative estimate of drug-likeness (QED) is 0.642. The molecular formula is C19H21N3O2. The molecule has 0 bridgehead atoms. The normalized spacial score (nSPS) is 19.8. The van der Waals surface area contributed by atoms with Gasteiger partial charge in [0.2, 0.25) is 5.95 Å². The molecule has 5 heteroatoms. The van der Waals surface area contributed by atoms with E-state index in [9.17, 15) is 4.79 Å². The van der Waals surface area contributed by atoms with Crippen molar-refractivity contribution in [2.24, 2.45) is 5.92 Å². The van der Waals surface area contributed by atoms with Crippen molar-refractivity contribution < 1.29 is 9.53 Å². The first-order chi connectivity index (χ1) is 11.8. The monoisotopic (exact) mass is 323 g/mol. The highest BCUT2D eigenvalue weighted by atomic mass is 16.5. The van der Waals surface area contributed by atoms with Gasteiger partial charge in [0.15, 0.2) is 0 Å². The molecule has 0 radical (unpaired) electrons. The fraction of sp³-hybridized carbons (Fsp3) is 0.421. The largest absolute Gasteiger partial charge is 0.426 e. The zero-order chi connectivity index (χ0) is 16.4. The van der Waals surface area contributed by atoms with Crippen molar-refractivity contribution >= 4 is 11.9 Å². The zero-order valence-electron chi connectivity index (χ0n) is 13.6. The maximum Gasteiger partial charge on any atom is 0.316 e. The minimum Gasteiger partial charge on any atom is -0.426 e. The minimum atomic E-state index is -0.145. The fourth-order valence-electron chi connectivity index (χ4n) is 3.62. The van der Waals surface area contributed by atoms with Crippen LogP contribution < -0.4 is 9.64 Å². The molecule has 4 rings (SSSR count). The molecule has 1 aromatic carbocycles. The van der Waals surface area contributed by atoms with Gasteiger partial charge in [0, 0.05) is 25.5 Å². The van der Waals surface area contributed by atoms with Crippen molar-refractivity contribution in [2.75, 3.05) is 18.0 Å². The molecule has 1 saturated heterocycles. The van der Waals surface area contributed by atoms with Crippen LogP contribution in [0.15, 0.2) is 36.7 Å². The van der Waals surface area contributed by atoms with E-state index in [-0.39, 0.29) is 11.9 Å². The molecule has 0 spiro atoms. The number of fused-ring (bicyclic) bond motifs is 1. The third-order valence-electron chi connectivity index (χ3n) is 4.88. The second-order valence-corrected chi connectivity index (χ2v) is 6.54. The van der Waals surface area contributed by atoms with Gasteiger partial charge >= 0.3 is 5.97 Å². The first-order valence-corrected chi connectivity index (χ1v) is 8.65. The number of piperidine rings is 1. The Kier molecular flexibility index (Phi) is 4.15. The van der Waals surface area contributed by atoms with Gasteiger partial charge in [-0.3, -0.25) is 4.79 Å². The Bertz CT molecular complexity index is 733. The molecule has 5 nitrogen and oxygen atoms in total. The standard InChI is InChI=1S/C19H21N3O2/c23-18(24-17-8-7-14-4-1-5-15(14)12-17)16-6-2-11-22(13-16)19-20-9-3-10-21-19/h3,7-10,12,16H,1-2,4-6,11,13H2/t16-/m0/s1. The predicted molar refractivity (Wildman–Crippen MR) is 91.1 cm³/mol. The van der Waals surface area contributed by atoms with Crippen molar-refractivity contribution in [3.05, 3.63) is 47.8 Å². The third kappa shape index (κ3) is 3.11. The van der Waals surface area contributed by atoms with E-state index in [0.29, 0.717) is 18.2 Å². The van der Waals surface area contributed by atoms with Crippen LogP contribution in [0.5, 0.6) is 5.75 Å². The maximum atomic E-state index is 12.6.